The molecule has 0 aromatic carbocycles. The number of nitrogens with two attached hydrogens (primary N) is 1. The molecule has 0 aliphatic carbocycles. The van der Waals surface area contributed by atoms with Crippen LogP contribution in [0, 0.1) is 0 Å². The zero-order valence-electron chi connectivity index (χ0n) is 9.92. The molecule has 0 bridgehead atoms. The second-order valence-electron chi connectivity index (χ2n) is 4.29. The predicted molar refractivity (Wildman–Crippen MR) is 60.9 cm³/mol. The second kappa shape index (κ2) is 6.43. The maximum absolute atomic E-state index is 5.81. The zero-order valence-corrected chi connectivity index (χ0v) is 9.92. The summed E-state index contributed by atoms with van der Waals surface area (Å²) in [4.78, 5) is 0. The second-order valence-corrected chi connectivity index (χ2v) is 4.29. The monoisotopic (exact) mass is 216 g/mol. The van der Waals surface area contributed by atoms with Gasteiger partial charge < -0.3 is 20.5 Å². The van der Waals surface area contributed by atoms with Crippen molar-refractivity contribution in [2.45, 2.75) is 37.8 Å². The molecule has 1 saturated heterocycles. The Kier molecular flexibility index (Phi) is 5.53. The molecule has 2 atom stereocenters. The van der Waals surface area contributed by atoms with Crippen LogP contribution in [0.4, 0.5) is 0 Å². The van der Waals surface area contributed by atoms with E-state index in [1.54, 1.807) is 7.11 Å². The largest absolute Gasteiger partial charge is 0.383 e. The lowest BCUT2D eigenvalue weighted by Crippen LogP contribution is -2.56. The molecule has 1 heterocycles. The van der Waals surface area contributed by atoms with Crippen molar-refractivity contribution in [1.29, 1.82) is 0 Å². The molecule has 1 fully saturated rings. The molecule has 90 valence electrons. The van der Waals surface area contributed by atoms with Gasteiger partial charge in [0.25, 0.3) is 0 Å². The van der Waals surface area contributed by atoms with Gasteiger partial charge in [0.1, 0.15) is 0 Å². The van der Waals surface area contributed by atoms with Gasteiger partial charge in [-0.25, -0.2) is 0 Å². The van der Waals surface area contributed by atoms with Crippen LogP contribution in [0.2, 0.25) is 0 Å². The Balaban J connectivity index is 2.35. The van der Waals surface area contributed by atoms with Crippen LogP contribution in [0.3, 0.4) is 0 Å². The third kappa shape index (κ3) is 3.72. The normalized spacial score (nSPS) is 25.4. The van der Waals surface area contributed by atoms with Crippen LogP contribution in [0.25, 0.3) is 0 Å². The van der Waals surface area contributed by atoms with Gasteiger partial charge in [0.05, 0.1) is 18.2 Å². The van der Waals surface area contributed by atoms with Gasteiger partial charge in [-0.3, -0.25) is 0 Å². The number of hydrogen-bond donors (Lipinski definition) is 2. The van der Waals surface area contributed by atoms with Gasteiger partial charge in [-0.1, -0.05) is 6.92 Å². The minimum absolute atomic E-state index is 0.0826. The van der Waals surface area contributed by atoms with Crippen molar-refractivity contribution in [3.8, 4) is 0 Å². The van der Waals surface area contributed by atoms with E-state index in [-0.39, 0.29) is 5.54 Å². The molecular formula is C11H24N2O2. The molecule has 0 saturated carbocycles. The maximum Gasteiger partial charge on any atom is 0.0700 e. The topological polar surface area (TPSA) is 56.5 Å². The minimum Gasteiger partial charge on any atom is -0.383 e. The highest BCUT2D eigenvalue weighted by molar-refractivity contribution is 4.89. The van der Waals surface area contributed by atoms with E-state index in [2.05, 4.69) is 12.2 Å². The van der Waals surface area contributed by atoms with Crippen LogP contribution in [-0.2, 0) is 9.47 Å². The van der Waals surface area contributed by atoms with E-state index >= 15 is 0 Å². The van der Waals surface area contributed by atoms with E-state index < -0.39 is 0 Å². The van der Waals surface area contributed by atoms with Gasteiger partial charge in [-0.05, 0) is 19.3 Å². The lowest BCUT2D eigenvalue weighted by molar-refractivity contribution is 0.0749. The Morgan fingerprint density at radius 3 is 2.87 bits per heavy atom. The first kappa shape index (κ1) is 12.9. The fraction of sp³-hybridized carbons (Fsp3) is 1.00. The van der Waals surface area contributed by atoms with Gasteiger partial charge in [-0.2, -0.15) is 0 Å². The van der Waals surface area contributed by atoms with E-state index in [1.165, 1.54) is 6.42 Å². The lowest BCUT2D eigenvalue weighted by atomic mass is 9.97. The highest BCUT2D eigenvalue weighted by atomic mass is 16.5. The van der Waals surface area contributed by atoms with Gasteiger partial charge in [0, 0.05) is 26.8 Å². The van der Waals surface area contributed by atoms with Crippen molar-refractivity contribution in [3.63, 3.8) is 0 Å². The molecule has 4 heteroatoms. The SMILES string of the molecule is CCC(CN)(COC)NCC1CCCO1. The summed E-state index contributed by atoms with van der Waals surface area (Å²) in [6, 6.07) is 0. The van der Waals surface area contributed by atoms with E-state index in [4.69, 9.17) is 15.2 Å². The Labute approximate surface area is 92.5 Å². The molecule has 1 aliphatic rings. The number of ether oxygens (including phenoxy) is 2. The summed E-state index contributed by atoms with van der Waals surface area (Å²) < 4.78 is 10.8. The molecule has 0 amide bonds. The van der Waals surface area contributed by atoms with Crippen molar-refractivity contribution >= 4 is 0 Å². The van der Waals surface area contributed by atoms with Crippen LogP contribution in [-0.4, -0.2) is 45.1 Å². The fourth-order valence-electron chi connectivity index (χ4n) is 1.97. The average molecular weight is 216 g/mol. The van der Waals surface area contributed by atoms with Gasteiger partial charge in [0.2, 0.25) is 0 Å². The smallest absolute Gasteiger partial charge is 0.0700 e. The van der Waals surface area contributed by atoms with E-state index in [9.17, 15) is 0 Å². The number of hydrogen-bond acceptors (Lipinski definition) is 4. The third-order valence-electron chi connectivity index (χ3n) is 3.22. The molecule has 0 aromatic rings. The predicted octanol–water partition coefficient (Wildman–Crippen LogP) is 0.509. The van der Waals surface area contributed by atoms with Crippen LogP contribution in [0.1, 0.15) is 26.2 Å². The van der Waals surface area contributed by atoms with Gasteiger partial charge >= 0.3 is 0 Å². The first-order valence-corrected chi connectivity index (χ1v) is 5.82. The third-order valence-corrected chi connectivity index (χ3v) is 3.22. The molecule has 3 N–H and O–H groups in total. The van der Waals surface area contributed by atoms with Crippen molar-refractivity contribution in [3.05, 3.63) is 0 Å². The van der Waals surface area contributed by atoms with Crippen LogP contribution < -0.4 is 11.1 Å². The molecule has 1 aliphatic heterocycles. The number of rotatable bonds is 7. The van der Waals surface area contributed by atoms with Gasteiger partial charge in [0.15, 0.2) is 0 Å². The molecular weight excluding hydrogens is 192 g/mol. The molecule has 1 rings (SSSR count). The summed E-state index contributed by atoms with van der Waals surface area (Å²) in [5.41, 5.74) is 5.72. The van der Waals surface area contributed by atoms with Crippen LogP contribution in [0.5, 0.6) is 0 Å². The highest BCUT2D eigenvalue weighted by Gasteiger charge is 2.27. The van der Waals surface area contributed by atoms with Crippen molar-refractivity contribution in [2.24, 2.45) is 5.73 Å². The Bertz CT molecular complexity index is 166. The number of methoxy groups -OCH3 is 1. The standard InChI is InChI=1S/C11H24N2O2/c1-3-11(8-12,9-14-2)13-7-10-5-4-6-15-10/h10,13H,3-9,12H2,1-2H3. The summed E-state index contributed by atoms with van der Waals surface area (Å²) >= 11 is 0. The Morgan fingerprint density at radius 1 is 1.60 bits per heavy atom. The highest BCUT2D eigenvalue weighted by Crippen LogP contribution is 2.14. The number of nitrogens with one attached hydrogen (secondary N) is 1. The van der Waals surface area contributed by atoms with Crippen molar-refractivity contribution in [1.82, 2.24) is 5.32 Å². The Morgan fingerprint density at radius 2 is 2.40 bits per heavy atom. The molecule has 0 spiro atoms. The van der Waals surface area contributed by atoms with E-state index in [0.717, 1.165) is 26.0 Å². The summed E-state index contributed by atoms with van der Waals surface area (Å²) in [7, 11) is 1.72. The first-order valence-electron chi connectivity index (χ1n) is 5.82. The van der Waals surface area contributed by atoms with Crippen LogP contribution in [0.15, 0.2) is 0 Å². The van der Waals surface area contributed by atoms with Crippen LogP contribution >= 0.6 is 0 Å². The molecule has 0 radical (unpaired) electrons. The summed E-state index contributed by atoms with van der Waals surface area (Å²) in [6.07, 6.45) is 3.67. The summed E-state index contributed by atoms with van der Waals surface area (Å²) in [5.74, 6) is 0. The van der Waals surface area contributed by atoms with E-state index in [1.807, 2.05) is 0 Å². The quantitative estimate of drug-likeness (QED) is 0.651. The Hall–Kier alpha value is -0.160. The summed E-state index contributed by atoms with van der Waals surface area (Å²) in [6.45, 7) is 5.18. The first-order chi connectivity index (χ1) is 7.26. The zero-order chi connectivity index (χ0) is 11.1. The van der Waals surface area contributed by atoms with Gasteiger partial charge in [-0.15, -0.1) is 0 Å². The van der Waals surface area contributed by atoms with Crippen molar-refractivity contribution < 1.29 is 9.47 Å². The average Bonchev–Trinajstić information content (AvgIpc) is 2.77. The lowest BCUT2D eigenvalue weighted by Gasteiger charge is -2.33. The molecule has 2 unspecified atom stereocenters. The minimum atomic E-state index is -0.0826. The van der Waals surface area contributed by atoms with E-state index in [0.29, 0.717) is 19.3 Å². The molecule has 4 nitrogen and oxygen atoms in total. The molecule has 15 heavy (non-hydrogen) atoms. The molecule has 0 aromatic heterocycles. The maximum atomic E-state index is 5.81. The fourth-order valence-corrected chi connectivity index (χ4v) is 1.97. The summed E-state index contributed by atoms with van der Waals surface area (Å²) in [5, 5.41) is 3.50. The van der Waals surface area contributed by atoms with Crippen molar-refractivity contribution in [2.75, 3.05) is 33.4 Å².